The number of nitriles is 1. The molecule has 0 atom stereocenters. The Morgan fingerprint density at radius 3 is 2.44 bits per heavy atom. The van der Waals surface area contributed by atoms with E-state index in [9.17, 15) is 20.0 Å². The van der Waals surface area contributed by atoms with Crippen molar-refractivity contribution in [2.45, 2.75) is 0 Å². The number of esters is 1. The van der Waals surface area contributed by atoms with Gasteiger partial charge in [0.25, 0.3) is 5.56 Å². The van der Waals surface area contributed by atoms with Gasteiger partial charge >= 0.3 is 5.97 Å². The van der Waals surface area contributed by atoms with E-state index < -0.39 is 11.5 Å². The van der Waals surface area contributed by atoms with Crippen molar-refractivity contribution in [3.8, 4) is 34.2 Å². The van der Waals surface area contributed by atoms with Gasteiger partial charge < -0.3 is 14.8 Å². The summed E-state index contributed by atoms with van der Waals surface area (Å²) >= 11 is 5.90. The summed E-state index contributed by atoms with van der Waals surface area (Å²) in [4.78, 5) is 26.9. The Hall–Kier alpha value is -3.56. The SMILES string of the molecule is COC(=O)c1cc(-c2cc(-c3ccc(Cl)cc3)[nH]c(=O)c2C#N)ccc1O. The first-order valence-corrected chi connectivity index (χ1v) is 8.17. The molecule has 6 nitrogen and oxygen atoms in total. The van der Waals surface area contributed by atoms with Crippen LogP contribution in [-0.2, 0) is 4.74 Å². The van der Waals surface area contributed by atoms with Crippen molar-refractivity contribution in [1.82, 2.24) is 4.98 Å². The van der Waals surface area contributed by atoms with Crippen LogP contribution in [0, 0.1) is 11.3 Å². The first kappa shape index (κ1) is 18.2. The van der Waals surface area contributed by atoms with E-state index in [0.29, 0.717) is 27.4 Å². The highest BCUT2D eigenvalue weighted by Gasteiger charge is 2.17. The average molecular weight is 381 g/mol. The second-order valence-corrected chi connectivity index (χ2v) is 6.08. The molecule has 0 amide bonds. The number of pyridine rings is 1. The smallest absolute Gasteiger partial charge is 0.341 e. The predicted octanol–water partition coefficient (Wildman–Crippen LogP) is 3.73. The third kappa shape index (κ3) is 3.54. The molecule has 3 aromatic rings. The number of methoxy groups -OCH3 is 1. The summed E-state index contributed by atoms with van der Waals surface area (Å²) in [5.74, 6) is -0.984. The number of benzene rings is 2. The highest BCUT2D eigenvalue weighted by Crippen LogP contribution is 2.30. The van der Waals surface area contributed by atoms with E-state index in [1.54, 1.807) is 30.3 Å². The Morgan fingerprint density at radius 2 is 1.81 bits per heavy atom. The first-order chi connectivity index (χ1) is 12.9. The van der Waals surface area contributed by atoms with Crippen molar-refractivity contribution in [2.24, 2.45) is 0 Å². The molecule has 134 valence electrons. The van der Waals surface area contributed by atoms with Gasteiger partial charge in [0.2, 0.25) is 0 Å². The normalized spacial score (nSPS) is 10.3. The monoisotopic (exact) mass is 380 g/mol. The van der Waals surface area contributed by atoms with Crippen LogP contribution >= 0.6 is 11.6 Å². The van der Waals surface area contributed by atoms with Gasteiger partial charge in [-0.25, -0.2) is 4.79 Å². The summed E-state index contributed by atoms with van der Waals surface area (Å²) in [5, 5.41) is 19.8. The number of aromatic amines is 1. The number of rotatable bonds is 3. The lowest BCUT2D eigenvalue weighted by Crippen LogP contribution is -2.13. The van der Waals surface area contributed by atoms with Gasteiger partial charge in [-0.05, 0) is 41.5 Å². The highest BCUT2D eigenvalue weighted by atomic mass is 35.5. The molecule has 3 rings (SSSR count). The molecule has 1 heterocycles. The van der Waals surface area contributed by atoms with Gasteiger partial charge in [-0.3, -0.25) is 4.79 Å². The number of nitrogens with zero attached hydrogens (tertiary/aromatic N) is 1. The molecule has 27 heavy (non-hydrogen) atoms. The van der Waals surface area contributed by atoms with Crippen molar-refractivity contribution >= 4 is 17.6 Å². The fraction of sp³-hybridized carbons (Fsp3) is 0.0500. The Bertz CT molecular complexity index is 1130. The third-order valence-electron chi connectivity index (χ3n) is 4.01. The molecule has 0 spiro atoms. The molecule has 0 aliphatic carbocycles. The first-order valence-electron chi connectivity index (χ1n) is 7.79. The lowest BCUT2D eigenvalue weighted by atomic mass is 9.97. The number of phenols is 1. The Morgan fingerprint density at radius 1 is 1.15 bits per heavy atom. The van der Waals surface area contributed by atoms with Crippen LogP contribution in [-0.4, -0.2) is 23.2 Å². The summed E-state index contributed by atoms with van der Waals surface area (Å²) in [7, 11) is 1.20. The zero-order valence-electron chi connectivity index (χ0n) is 14.1. The van der Waals surface area contributed by atoms with Gasteiger partial charge in [-0.15, -0.1) is 0 Å². The largest absolute Gasteiger partial charge is 0.507 e. The van der Waals surface area contributed by atoms with Crippen LogP contribution in [0.15, 0.2) is 53.3 Å². The number of aromatic nitrogens is 1. The molecule has 0 aliphatic rings. The minimum Gasteiger partial charge on any atom is -0.507 e. The van der Waals surface area contributed by atoms with E-state index >= 15 is 0 Å². The van der Waals surface area contributed by atoms with E-state index in [-0.39, 0.29) is 16.9 Å². The number of hydrogen-bond acceptors (Lipinski definition) is 5. The molecule has 0 aliphatic heterocycles. The number of carbonyl (C=O) groups is 1. The van der Waals surface area contributed by atoms with E-state index in [2.05, 4.69) is 9.72 Å². The van der Waals surface area contributed by atoms with Crippen LogP contribution in [0.5, 0.6) is 5.75 Å². The quantitative estimate of drug-likeness (QED) is 0.674. The molecular formula is C20H13ClN2O4. The number of halogens is 1. The van der Waals surface area contributed by atoms with Gasteiger partial charge in [0.05, 0.1) is 7.11 Å². The maximum absolute atomic E-state index is 12.4. The highest BCUT2D eigenvalue weighted by molar-refractivity contribution is 6.30. The Balaban J connectivity index is 2.23. The zero-order chi connectivity index (χ0) is 19.6. The topological polar surface area (TPSA) is 103 Å². The lowest BCUT2D eigenvalue weighted by Gasteiger charge is -2.10. The van der Waals surface area contributed by atoms with Crippen molar-refractivity contribution in [1.29, 1.82) is 5.26 Å². The molecule has 1 aromatic heterocycles. The van der Waals surface area contributed by atoms with E-state index in [4.69, 9.17) is 11.6 Å². The summed E-state index contributed by atoms with van der Waals surface area (Å²) in [6.07, 6.45) is 0. The van der Waals surface area contributed by atoms with Crippen molar-refractivity contribution in [2.75, 3.05) is 7.11 Å². The van der Waals surface area contributed by atoms with Crippen LogP contribution in [0.3, 0.4) is 0 Å². The molecule has 0 bridgehead atoms. The summed E-state index contributed by atoms with van der Waals surface area (Å²) < 4.78 is 4.65. The Kier molecular flexibility index (Phi) is 4.97. The maximum Gasteiger partial charge on any atom is 0.341 e. The fourth-order valence-electron chi connectivity index (χ4n) is 2.66. The number of H-pyrrole nitrogens is 1. The molecule has 0 fully saturated rings. The van der Waals surface area contributed by atoms with Crippen LogP contribution in [0.1, 0.15) is 15.9 Å². The van der Waals surface area contributed by atoms with Crippen LogP contribution in [0.4, 0.5) is 0 Å². The van der Waals surface area contributed by atoms with E-state index in [0.717, 1.165) is 0 Å². The molecule has 7 heteroatoms. The van der Waals surface area contributed by atoms with Crippen LogP contribution < -0.4 is 5.56 Å². The summed E-state index contributed by atoms with van der Waals surface area (Å²) in [6.45, 7) is 0. The van der Waals surface area contributed by atoms with Gasteiger partial charge in [0, 0.05) is 16.3 Å². The number of carbonyl (C=O) groups excluding carboxylic acids is 1. The fourth-order valence-corrected chi connectivity index (χ4v) is 2.79. The maximum atomic E-state index is 12.4. The lowest BCUT2D eigenvalue weighted by molar-refractivity contribution is 0.0597. The number of nitrogens with one attached hydrogen (secondary N) is 1. The zero-order valence-corrected chi connectivity index (χ0v) is 14.9. The van der Waals surface area contributed by atoms with Crippen molar-refractivity contribution < 1.29 is 14.6 Å². The van der Waals surface area contributed by atoms with Gasteiger partial charge in [-0.1, -0.05) is 29.8 Å². The molecule has 2 aromatic carbocycles. The second kappa shape index (κ2) is 7.36. The van der Waals surface area contributed by atoms with Gasteiger partial charge in [0.15, 0.2) is 0 Å². The molecule has 0 radical (unpaired) electrons. The van der Waals surface area contributed by atoms with Crippen molar-refractivity contribution in [3.05, 3.63) is 75.0 Å². The molecule has 2 N–H and O–H groups in total. The van der Waals surface area contributed by atoms with E-state index in [1.165, 1.54) is 25.3 Å². The Labute approximate surface area is 159 Å². The average Bonchev–Trinajstić information content (AvgIpc) is 2.67. The summed E-state index contributed by atoms with van der Waals surface area (Å²) in [6, 6.07) is 14.6. The number of aromatic hydroxyl groups is 1. The third-order valence-corrected chi connectivity index (χ3v) is 4.27. The summed E-state index contributed by atoms with van der Waals surface area (Å²) in [5.41, 5.74) is 1.21. The minimum absolute atomic E-state index is 0.0628. The molecule has 0 unspecified atom stereocenters. The number of phenolic OH excluding ortho intramolecular Hbond substituents is 1. The van der Waals surface area contributed by atoms with Gasteiger partial charge in [-0.2, -0.15) is 5.26 Å². The van der Waals surface area contributed by atoms with E-state index in [1.807, 2.05) is 6.07 Å². The van der Waals surface area contributed by atoms with Crippen LogP contribution in [0.25, 0.3) is 22.4 Å². The number of ether oxygens (including phenoxy) is 1. The molecular weight excluding hydrogens is 368 g/mol. The minimum atomic E-state index is -0.726. The van der Waals surface area contributed by atoms with Gasteiger partial charge in [0.1, 0.15) is 22.9 Å². The standard InChI is InChI=1S/C20H13ClN2O4/c1-27-20(26)15-8-12(4-7-18(15)24)14-9-17(23-19(25)16(14)10-22)11-2-5-13(21)6-3-11/h2-9,24H,1H3,(H,23,25). The van der Waals surface area contributed by atoms with Crippen molar-refractivity contribution in [3.63, 3.8) is 0 Å². The number of hydrogen-bond donors (Lipinski definition) is 2. The molecule has 0 saturated carbocycles. The second-order valence-electron chi connectivity index (χ2n) is 5.64. The molecule has 0 saturated heterocycles. The predicted molar refractivity (Wildman–Crippen MR) is 101 cm³/mol. The van der Waals surface area contributed by atoms with Crippen LogP contribution in [0.2, 0.25) is 5.02 Å².